The topological polar surface area (TPSA) is 89.8 Å². The first-order chi connectivity index (χ1) is 18.1. The average Bonchev–Trinajstić information content (AvgIpc) is 3.72. The van der Waals surface area contributed by atoms with Crippen molar-refractivity contribution >= 4 is 34.7 Å². The van der Waals surface area contributed by atoms with Crippen molar-refractivity contribution in [3.8, 4) is 0 Å². The summed E-state index contributed by atoms with van der Waals surface area (Å²) in [7, 11) is 0. The van der Waals surface area contributed by atoms with E-state index in [-0.39, 0.29) is 11.8 Å². The largest absolute Gasteiger partial charge is 0.493 e. The summed E-state index contributed by atoms with van der Waals surface area (Å²) < 4.78 is 0. The number of benzene rings is 2. The van der Waals surface area contributed by atoms with Crippen LogP contribution >= 0.6 is 0 Å². The van der Waals surface area contributed by atoms with Gasteiger partial charge in [0.2, 0.25) is 11.8 Å². The summed E-state index contributed by atoms with van der Waals surface area (Å²) in [5.41, 5.74) is 8.49. The van der Waals surface area contributed by atoms with Crippen LogP contribution in [0.4, 0.5) is 0 Å². The molecule has 37 heavy (non-hydrogen) atoms. The summed E-state index contributed by atoms with van der Waals surface area (Å²) >= 11 is 0. The van der Waals surface area contributed by atoms with Crippen molar-refractivity contribution in [2.45, 2.75) is 0 Å². The average molecular weight is 483 g/mol. The molecule has 6 nitrogen and oxygen atoms in total. The summed E-state index contributed by atoms with van der Waals surface area (Å²) in [6, 6.07) is 23.9. The molecule has 3 aromatic rings. The number of H-pyrrole nitrogens is 1. The number of hydrogen-bond acceptors (Lipinski definition) is 3. The van der Waals surface area contributed by atoms with Crippen molar-refractivity contribution in [2.24, 2.45) is 9.98 Å². The molecule has 0 aliphatic carbocycles. The van der Waals surface area contributed by atoms with E-state index in [0.29, 0.717) is 5.70 Å². The summed E-state index contributed by atoms with van der Waals surface area (Å²) in [6.45, 7) is 0. The van der Waals surface area contributed by atoms with Crippen molar-refractivity contribution in [3.63, 3.8) is 0 Å². The number of aliphatic hydroxyl groups is 1. The van der Waals surface area contributed by atoms with E-state index in [1.54, 1.807) is 12.2 Å². The summed E-state index contributed by atoms with van der Waals surface area (Å²) in [5, 5.41) is 12.7. The maximum Gasteiger partial charge on any atom is 0.248 e. The van der Waals surface area contributed by atoms with Gasteiger partial charge >= 0.3 is 0 Å². The molecule has 6 heteroatoms. The van der Waals surface area contributed by atoms with E-state index >= 15 is 0 Å². The Labute approximate surface area is 213 Å². The third kappa shape index (κ3) is 4.56. The number of hydrogen-bond donors (Lipinski definition) is 3. The Hall–Kier alpha value is -5.23. The van der Waals surface area contributed by atoms with E-state index in [0.717, 1.165) is 50.8 Å². The van der Waals surface area contributed by atoms with Crippen LogP contribution in [0.3, 0.4) is 0 Å². The van der Waals surface area contributed by atoms with Gasteiger partial charge in [-0.25, -0.2) is 9.98 Å². The lowest BCUT2D eigenvalue weighted by molar-refractivity contribution is -0.115. The standard InChI is InChI=1S/C31H22N4O2/c36-28-17-15-26(34-28)30(20-7-3-1-4-8-20)24-13-11-22(32-24)19-23-12-14-25(33-23)31(21-9-5-2-6-10-21)27-16-18-29(37)35-27/h1-19,32H,(H,34,36)(H,35,37)/b23-19+,30-26-,31-27-. The molecule has 6 rings (SSSR count). The number of aliphatic imine (C=N–C) groups is 2. The lowest BCUT2D eigenvalue weighted by atomic mass is 9.99. The fourth-order valence-electron chi connectivity index (χ4n) is 4.50. The van der Waals surface area contributed by atoms with Gasteiger partial charge in [-0.15, -0.1) is 0 Å². The van der Waals surface area contributed by atoms with Gasteiger partial charge in [0, 0.05) is 34.7 Å². The first-order valence-corrected chi connectivity index (χ1v) is 11.9. The molecular formula is C31H22N4O2. The van der Waals surface area contributed by atoms with Crippen LogP contribution in [-0.4, -0.2) is 27.6 Å². The number of aromatic nitrogens is 1. The van der Waals surface area contributed by atoms with E-state index in [1.165, 1.54) is 6.08 Å². The lowest BCUT2D eigenvalue weighted by Crippen LogP contribution is -2.16. The molecule has 0 fully saturated rings. The number of aliphatic hydroxyl groups excluding tert-OH is 1. The molecule has 0 unspecified atom stereocenters. The molecule has 1 aromatic heterocycles. The minimum atomic E-state index is -0.140. The third-order valence-electron chi connectivity index (χ3n) is 6.13. The van der Waals surface area contributed by atoms with Gasteiger partial charge < -0.3 is 15.4 Å². The van der Waals surface area contributed by atoms with Gasteiger partial charge in [0.25, 0.3) is 0 Å². The molecule has 4 heterocycles. The summed E-state index contributed by atoms with van der Waals surface area (Å²) in [6.07, 6.45) is 12.6. The van der Waals surface area contributed by atoms with Crippen molar-refractivity contribution < 1.29 is 9.90 Å². The SMILES string of the molecule is O=C1C=C/C(=C(C2=N/C(=C/c3ccc(/C(=C4/C=CC(O)=N4)c4ccccc4)[nH]3)C=C2)\c2ccccc2)N1. The number of allylic oxidation sites excluding steroid dienone is 5. The molecule has 1 amide bonds. The van der Waals surface area contributed by atoms with Crippen LogP contribution in [0.15, 0.2) is 136 Å². The number of carbonyl (C=O) groups is 1. The molecule has 0 bridgehead atoms. The Morgan fingerprint density at radius 1 is 0.730 bits per heavy atom. The highest BCUT2D eigenvalue weighted by molar-refractivity contribution is 6.32. The fourth-order valence-corrected chi connectivity index (χ4v) is 4.50. The predicted molar refractivity (Wildman–Crippen MR) is 148 cm³/mol. The molecular weight excluding hydrogens is 460 g/mol. The molecule has 0 saturated carbocycles. The number of aromatic amines is 1. The van der Waals surface area contributed by atoms with Crippen molar-refractivity contribution in [3.05, 3.63) is 149 Å². The first-order valence-electron chi connectivity index (χ1n) is 11.9. The Morgan fingerprint density at radius 2 is 1.46 bits per heavy atom. The molecule has 3 aliphatic rings. The summed E-state index contributed by atoms with van der Waals surface area (Å²) in [4.78, 5) is 24.5. The maximum absolute atomic E-state index is 11.8. The highest BCUT2D eigenvalue weighted by atomic mass is 16.3. The van der Waals surface area contributed by atoms with Crippen LogP contribution in [0, 0.1) is 0 Å². The first kappa shape index (κ1) is 22.2. The fraction of sp³-hybridized carbons (Fsp3) is 0. The zero-order valence-electron chi connectivity index (χ0n) is 19.7. The van der Waals surface area contributed by atoms with Crippen molar-refractivity contribution in [1.82, 2.24) is 10.3 Å². The normalized spacial score (nSPS) is 19.9. The van der Waals surface area contributed by atoms with Crippen LogP contribution in [0.1, 0.15) is 22.5 Å². The number of amides is 1. The van der Waals surface area contributed by atoms with Crippen LogP contribution < -0.4 is 5.32 Å². The van der Waals surface area contributed by atoms with E-state index in [2.05, 4.69) is 15.3 Å². The Morgan fingerprint density at radius 3 is 2.11 bits per heavy atom. The van der Waals surface area contributed by atoms with Crippen LogP contribution in [0.25, 0.3) is 17.2 Å². The van der Waals surface area contributed by atoms with Crippen LogP contribution in [-0.2, 0) is 4.79 Å². The number of nitrogens with zero attached hydrogens (tertiary/aromatic N) is 2. The maximum atomic E-state index is 11.8. The van der Waals surface area contributed by atoms with E-state index in [9.17, 15) is 9.90 Å². The van der Waals surface area contributed by atoms with Crippen LogP contribution in [0.5, 0.6) is 0 Å². The molecule has 0 spiro atoms. The van der Waals surface area contributed by atoms with Gasteiger partial charge in [-0.2, -0.15) is 0 Å². The van der Waals surface area contributed by atoms with Gasteiger partial charge in [-0.05, 0) is 53.6 Å². The Kier molecular flexibility index (Phi) is 5.67. The monoisotopic (exact) mass is 482 g/mol. The van der Waals surface area contributed by atoms with Crippen molar-refractivity contribution in [2.75, 3.05) is 0 Å². The minimum Gasteiger partial charge on any atom is -0.493 e. The highest BCUT2D eigenvalue weighted by Gasteiger charge is 2.20. The van der Waals surface area contributed by atoms with Gasteiger partial charge in [0.15, 0.2) is 0 Å². The Balaban J connectivity index is 1.35. The van der Waals surface area contributed by atoms with Crippen LogP contribution in [0.2, 0.25) is 0 Å². The molecule has 3 aliphatic heterocycles. The number of carbonyl (C=O) groups excluding carboxylic acids is 1. The second-order valence-corrected chi connectivity index (χ2v) is 8.63. The zero-order valence-corrected chi connectivity index (χ0v) is 19.7. The Bertz CT molecular complexity index is 1640. The highest BCUT2D eigenvalue weighted by Crippen LogP contribution is 2.31. The number of nitrogens with one attached hydrogen (secondary N) is 2. The molecule has 0 saturated heterocycles. The molecule has 0 radical (unpaired) electrons. The predicted octanol–water partition coefficient (Wildman–Crippen LogP) is 5.75. The smallest absolute Gasteiger partial charge is 0.248 e. The van der Waals surface area contributed by atoms with E-state index < -0.39 is 0 Å². The van der Waals surface area contributed by atoms with E-state index in [4.69, 9.17) is 4.99 Å². The van der Waals surface area contributed by atoms with Gasteiger partial charge in [0.1, 0.15) is 0 Å². The van der Waals surface area contributed by atoms with Gasteiger partial charge in [0.05, 0.1) is 22.8 Å². The zero-order chi connectivity index (χ0) is 25.2. The summed E-state index contributed by atoms with van der Waals surface area (Å²) in [5.74, 6) is -0.147. The molecule has 0 atom stereocenters. The quantitative estimate of drug-likeness (QED) is 0.432. The third-order valence-corrected chi connectivity index (χ3v) is 6.13. The lowest BCUT2D eigenvalue weighted by Gasteiger charge is -2.10. The second-order valence-electron chi connectivity index (χ2n) is 8.63. The second kappa shape index (κ2) is 9.43. The number of rotatable bonds is 5. The van der Waals surface area contributed by atoms with E-state index in [1.807, 2.05) is 97.1 Å². The van der Waals surface area contributed by atoms with Crippen molar-refractivity contribution in [1.29, 1.82) is 0 Å². The van der Waals surface area contributed by atoms with Gasteiger partial charge in [-0.1, -0.05) is 60.7 Å². The molecule has 2 aromatic carbocycles. The molecule has 3 N–H and O–H groups in total. The minimum absolute atomic E-state index is 0.00748. The van der Waals surface area contributed by atoms with Gasteiger partial charge in [-0.3, -0.25) is 4.79 Å². The molecule has 178 valence electrons.